The van der Waals surface area contributed by atoms with Crippen LogP contribution in [0.2, 0.25) is 0 Å². The van der Waals surface area contributed by atoms with E-state index in [0.29, 0.717) is 11.3 Å². The molecule has 0 bridgehead atoms. The van der Waals surface area contributed by atoms with Gasteiger partial charge in [0.15, 0.2) is 0 Å². The Morgan fingerprint density at radius 1 is 1.43 bits per heavy atom. The van der Waals surface area contributed by atoms with Crippen LogP contribution in [-0.4, -0.2) is 22.5 Å². The maximum atomic E-state index is 13.2. The third-order valence-electron chi connectivity index (χ3n) is 2.60. The average Bonchev–Trinajstić information content (AvgIpc) is 2.47. The Balaban J connectivity index is 2.31. The number of nitrogens with one attached hydrogen (secondary N) is 1. The van der Waals surface area contributed by atoms with Gasteiger partial charge in [0.1, 0.15) is 11.6 Å². The summed E-state index contributed by atoms with van der Waals surface area (Å²) in [6.07, 6.45) is 2.54. The van der Waals surface area contributed by atoms with E-state index in [-0.39, 0.29) is 17.9 Å². The molecule has 0 radical (unpaired) electrons. The van der Waals surface area contributed by atoms with Crippen LogP contribution in [0.4, 0.5) is 10.1 Å². The molecule has 1 aromatic heterocycles. The molecule has 1 amide bonds. The van der Waals surface area contributed by atoms with Gasteiger partial charge in [-0.1, -0.05) is 11.8 Å². The van der Waals surface area contributed by atoms with Crippen molar-refractivity contribution < 1.29 is 14.3 Å². The minimum absolute atomic E-state index is 0.0621. The molecule has 0 saturated carbocycles. The highest BCUT2D eigenvalue weighted by Gasteiger charge is 2.12. The van der Waals surface area contributed by atoms with E-state index in [2.05, 4.69) is 22.1 Å². The maximum Gasteiger partial charge on any atom is 0.259 e. The van der Waals surface area contributed by atoms with Gasteiger partial charge < -0.3 is 16.2 Å². The molecule has 0 unspecified atom stereocenters. The second-order valence-electron chi connectivity index (χ2n) is 4.04. The summed E-state index contributed by atoms with van der Waals surface area (Å²) in [5.74, 6) is 4.02. The average molecular weight is 285 g/mol. The van der Waals surface area contributed by atoms with Gasteiger partial charge in [0.25, 0.3) is 5.91 Å². The molecular weight excluding hydrogens is 273 g/mol. The highest BCUT2D eigenvalue weighted by Crippen LogP contribution is 2.20. The first-order valence-corrected chi connectivity index (χ1v) is 6.04. The highest BCUT2D eigenvalue weighted by molar-refractivity contribution is 6.06. The number of aromatic nitrogens is 1. The molecule has 5 nitrogen and oxygen atoms in total. The lowest BCUT2D eigenvalue weighted by Gasteiger charge is -2.08. The number of anilines is 1. The Morgan fingerprint density at radius 2 is 2.24 bits per heavy atom. The molecule has 2 rings (SSSR count). The monoisotopic (exact) mass is 285 g/mol. The standard InChI is InChI=1S/C15H12FN3O2/c16-11-3-4-13(10(8-11)2-1-6-17)19-15(21)12-5-7-18-9-14(12)20/h3-5,7-9,20H,6,17H2,(H,19,21). The fraction of sp³-hybridized carbons (Fsp3) is 0.0667. The Labute approximate surface area is 120 Å². The van der Waals surface area contributed by atoms with Crippen molar-refractivity contribution in [2.75, 3.05) is 11.9 Å². The van der Waals surface area contributed by atoms with Gasteiger partial charge >= 0.3 is 0 Å². The Kier molecular flexibility index (Phi) is 4.49. The minimum Gasteiger partial charge on any atom is -0.505 e. The molecule has 0 aliphatic carbocycles. The molecule has 0 aliphatic rings. The number of hydrogen-bond donors (Lipinski definition) is 3. The van der Waals surface area contributed by atoms with E-state index in [1.807, 2.05) is 0 Å². The fourth-order valence-electron chi connectivity index (χ4n) is 1.64. The van der Waals surface area contributed by atoms with Crippen molar-refractivity contribution in [2.24, 2.45) is 5.73 Å². The van der Waals surface area contributed by atoms with Gasteiger partial charge in [-0.15, -0.1) is 0 Å². The largest absolute Gasteiger partial charge is 0.505 e. The van der Waals surface area contributed by atoms with Crippen LogP contribution in [0.25, 0.3) is 0 Å². The molecule has 4 N–H and O–H groups in total. The molecule has 1 aromatic carbocycles. The third kappa shape index (κ3) is 3.55. The van der Waals surface area contributed by atoms with Crippen LogP contribution < -0.4 is 11.1 Å². The summed E-state index contributed by atoms with van der Waals surface area (Å²) in [6.45, 7) is 0.120. The predicted molar refractivity (Wildman–Crippen MR) is 76.2 cm³/mol. The zero-order valence-corrected chi connectivity index (χ0v) is 10.9. The number of halogens is 1. The predicted octanol–water partition coefficient (Wildman–Crippen LogP) is 1.49. The fourth-order valence-corrected chi connectivity index (χ4v) is 1.64. The van der Waals surface area contributed by atoms with Crippen molar-refractivity contribution in [3.63, 3.8) is 0 Å². The summed E-state index contributed by atoms with van der Waals surface area (Å²) in [7, 11) is 0. The van der Waals surface area contributed by atoms with Gasteiger partial charge in [-0.25, -0.2) is 4.39 Å². The lowest BCUT2D eigenvalue weighted by Crippen LogP contribution is -2.13. The van der Waals surface area contributed by atoms with Crippen LogP contribution in [0.1, 0.15) is 15.9 Å². The zero-order chi connectivity index (χ0) is 15.2. The van der Waals surface area contributed by atoms with Crippen LogP contribution in [0, 0.1) is 17.7 Å². The van der Waals surface area contributed by atoms with Gasteiger partial charge in [-0.05, 0) is 24.3 Å². The van der Waals surface area contributed by atoms with Gasteiger partial charge in [0.05, 0.1) is 29.6 Å². The molecule has 21 heavy (non-hydrogen) atoms. The van der Waals surface area contributed by atoms with Gasteiger partial charge in [0.2, 0.25) is 0 Å². The Hall–Kier alpha value is -2.91. The first kappa shape index (κ1) is 14.5. The lowest BCUT2D eigenvalue weighted by molar-refractivity contribution is 0.102. The van der Waals surface area contributed by atoms with Crippen molar-refractivity contribution in [2.45, 2.75) is 0 Å². The number of aromatic hydroxyl groups is 1. The molecule has 0 aliphatic heterocycles. The summed E-state index contributed by atoms with van der Waals surface area (Å²) in [4.78, 5) is 15.8. The SMILES string of the molecule is NCC#Cc1cc(F)ccc1NC(=O)c1ccncc1O. The molecule has 0 fully saturated rings. The molecule has 6 heteroatoms. The van der Waals surface area contributed by atoms with Crippen LogP contribution in [0.15, 0.2) is 36.7 Å². The number of hydrogen-bond acceptors (Lipinski definition) is 4. The normalized spacial score (nSPS) is 9.62. The van der Waals surface area contributed by atoms with Gasteiger partial charge in [-0.2, -0.15) is 0 Å². The quantitative estimate of drug-likeness (QED) is 0.729. The first-order chi connectivity index (χ1) is 10.1. The van der Waals surface area contributed by atoms with Crippen molar-refractivity contribution in [1.29, 1.82) is 0 Å². The lowest BCUT2D eigenvalue weighted by atomic mass is 10.1. The zero-order valence-electron chi connectivity index (χ0n) is 10.9. The molecule has 0 saturated heterocycles. The van der Waals surface area contributed by atoms with E-state index in [1.54, 1.807) is 0 Å². The number of pyridine rings is 1. The topological polar surface area (TPSA) is 88.2 Å². The summed E-state index contributed by atoms with van der Waals surface area (Å²) in [5, 5.41) is 12.2. The third-order valence-corrected chi connectivity index (χ3v) is 2.60. The Bertz CT molecular complexity index is 735. The molecule has 1 heterocycles. The van der Waals surface area contributed by atoms with E-state index in [1.165, 1.54) is 30.5 Å². The number of rotatable bonds is 2. The van der Waals surface area contributed by atoms with Crippen LogP contribution in [0.3, 0.4) is 0 Å². The summed E-state index contributed by atoms with van der Waals surface area (Å²) in [6, 6.07) is 5.17. The van der Waals surface area contributed by atoms with Crippen LogP contribution in [0.5, 0.6) is 5.75 Å². The van der Waals surface area contributed by atoms with Crippen molar-refractivity contribution in [1.82, 2.24) is 4.98 Å². The van der Waals surface area contributed by atoms with Gasteiger partial charge in [-0.3, -0.25) is 9.78 Å². The Morgan fingerprint density at radius 3 is 2.95 bits per heavy atom. The van der Waals surface area contributed by atoms with Crippen molar-refractivity contribution in [3.8, 4) is 17.6 Å². The second kappa shape index (κ2) is 6.50. The molecule has 0 spiro atoms. The van der Waals surface area contributed by atoms with E-state index in [9.17, 15) is 14.3 Å². The second-order valence-corrected chi connectivity index (χ2v) is 4.04. The smallest absolute Gasteiger partial charge is 0.259 e. The number of carbonyl (C=O) groups excluding carboxylic acids is 1. The summed E-state index contributed by atoms with van der Waals surface area (Å²) >= 11 is 0. The van der Waals surface area contributed by atoms with Crippen molar-refractivity contribution in [3.05, 3.63) is 53.6 Å². The van der Waals surface area contributed by atoms with Crippen LogP contribution >= 0.6 is 0 Å². The molecule has 106 valence electrons. The summed E-state index contributed by atoms with van der Waals surface area (Å²) < 4.78 is 13.2. The van der Waals surface area contributed by atoms with E-state index < -0.39 is 11.7 Å². The number of amides is 1. The molecule has 0 atom stereocenters. The van der Waals surface area contributed by atoms with Gasteiger partial charge in [0, 0.05) is 6.20 Å². The maximum absolute atomic E-state index is 13.2. The first-order valence-electron chi connectivity index (χ1n) is 6.04. The number of benzene rings is 1. The van der Waals surface area contributed by atoms with Crippen LogP contribution in [-0.2, 0) is 0 Å². The van der Waals surface area contributed by atoms with E-state index in [0.717, 1.165) is 6.20 Å². The number of nitrogens with two attached hydrogens (primary N) is 1. The molecular formula is C15H12FN3O2. The van der Waals surface area contributed by atoms with E-state index in [4.69, 9.17) is 5.73 Å². The molecule has 2 aromatic rings. The minimum atomic E-state index is -0.544. The van der Waals surface area contributed by atoms with E-state index >= 15 is 0 Å². The summed E-state index contributed by atoms with van der Waals surface area (Å²) in [5.41, 5.74) is 5.98. The highest BCUT2D eigenvalue weighted by atomic mass is 19.1. The van der Waals surface area contributed by atoms with Crippen molar-refractivity contribution >= 4 is 11.6 Å². The number of nitrogens with zero attached hydrogens (tertiary/aromatic N) is 1. The number of carbonyl (C=O) groups is 1.